The van der Waals surface area contributed by atoms with Crippen molar-refractivity contribution in [2.24, 2.45) is 0 Å². The molecule has 1 atom stereocenters. The lowest BCUT2D eigenvalue weighted by atomic mass is 10.3. The summed E-state index contributed by atoms with van der Waals surface area (Å²) < 4.78 is 5.87. The van der Waals surface area contributed by atoms with Crippen LogP contribution in [-0.2, 0) is 4.79 Å². The van der Waals surface area contributed by atoms with E-state index in [1.165, 1.54) is 23.1 Å². The lowest BCUT2D eigenvalue weighted by Crippen LogP contribution is -2.30. The average molecular weight is 338 g/mol. The minimum atomic E-state index is -0.193. The number of anilines is 2. The largest absolute Gasteiger partial charge is 0.497 e. The van der Waals surface area contributed by atoms with Crippen molar-refractivity contribution < 1.29 is 9.53 Å². The Morgan fingerprint density at radius 2 is 2.09 bits per heavy atom. The zero-order valence-corrected chi connectivity index (χ0v) is 14.3. The van der Waals surface area contributed by atoms with Crippen molar-refractivity contribution >= 4 is 39.8 Å². The van der Waals surface area contributed by atoms with Gasteiger partial charge in [-0.3, -0.25) is 4.79 Å². The Hall–Kier alpha value is -1.80. The molecule has 0 aliphatic heterocycles. The number of methoxy groups -OCH3 is 1. The number of hydrogen-bond acceptors (Lipinski definition) is 7. The highest BCUT2D eigenvalue weighted by Crippen LogP contribution is 2.30. The molecule has 0 saturated heterocycles. The first-order chi connectivity index (χ1) is 10.6. The van der Waals surface area contributed by atoms with Crippen molar-refractivity contribution in [1.82, 2.24) is 15.5 Å². The Kier molecular flexibility index (Phi) is 6.02. The molecule has 0 unspecified atom stereocenters. The number of carbonyl (C=O) groups excluding carboxylic acids is 1. The third kappa shape index (κ3) is 4.60. The SMILES string of the molecule is CCNC(=O)[C@@H](C)Sc1nnc(Nc2ccc(OC)cc2)s1. The van der Waals surface area contributed by atoms with E-state index in [4.69, 9.17) is 4.74 Å². The first-order valence-corrected chi connectivity index (χ1v) is 8.51. The molecule has 118 valence electrons. The van der Waals surface area contributed by atoms with Crippen LogP contribution in [-0.4, -0.2) is 35.0 Å². The molecule has 0 bridgehead atoms. The van der Waals surface area contributed by atoms with Gasteiger partial charge in [-0.1, -0.05) is 23.1 Å². The maximum Gasteiger partial charge on any atom is 0.233 e. The van der Waals surface area contributed by atoms with Crippen molar-refractivity contribution in [3.05, 3.63) is 24.3 Å². The fourth-order valence-electron chi connectivity index (χ4n) is 1.63. The zero-order chi connectivity index (χ0) is 15.9. The number of rotatable bonds is 7. The second-order valence-corrected chi connectivity index (χ2v) is 6.95. The monoisotopic (exact) mass is 338 g/mol. The average Bonchev–Trinajstić information content (AvgIpc) is 2.95. The van der Waals surface area contributed by atoms with Crippen LogP contribution in [0.1, 0.15) is 13.8 Å². The maximum atomic E-state index is 11.7. The van der Waals surface area contributed by atoms with E-state index < -0.39 is 0 Å². The number of aromatic nitrogens is 2. The quantitative estimate of drug-likeness (QED) is 0.756. The highest BCUT2D eigenvalue weighted by atomic mass is 32.2. The fourth-order valence-corrected chi connectivity index (χ4v) is 3.57. The van der Waals surface area contributed by atoms with Crippen LogP contribution in [0, 0.1) is 0 Å². The summed E-state index contributed by atoms with van der Waals surface area (Å²) in [6.45, 7) is 4.38. The number of carbonyl (C=O) groups is 1. The summed E-state index contributed by atoms with van der Waals surface area (Å²) in [6.07, 6.45) is 0. The van der Waals surface area contributed by atoms with Crippen LogP contribution in [0.5, 0.6) is 5.75 Å². The molecule has 22 heavy (non-hydrogen) atoms. The van der Waals surface area contributed by atoms with Gasteiger partial charge in [0.2, 0.25) is 11.0 Å². The summed E-state index contributed by atoms with van der Waals surface area (Å²) >= 11 is 2.82. The van der Waals surface area contributed by atoms with Gasteiger partial charge in [-0.05, 0) is 38.1 Å². The van der Waals surface area contributed by atoms with Crippen LogP contribution >= 0.6 is 23.1 Å². The molecule has 0 spiro atoms. The van der Waals surface area contributed by atoms with Crippen LogP contribution in [0.3, 0.4) is 0 Å². The van der Waals surface area contributed by atoms with Crippen LogP contribution < -0.4 is 15.4 Å². The first kappa shape index (κ1) is 16.6. The summed E-state index contributed by atoms with van der Waals surface area (Å²) in [5, 5.41) is 14.6. The maximum absolute atomic E-state index is 11.7. The third-order valence-corrected chi connectivity index (χ3v) is 4.77. The van der Waals surface area contributed by atoms with Crippen molar-refractivity contribution in [2.45, 2.75) is 23.4 Å². The van der Waals surface area contributed by atoms with Crippen molar-refractivity contribution in [2.75, 3.05) is 19.0 Å². The van der Waals surface area contributed by atoms with E-state index in [2.05, 4.69) is 20.8 Å². The van der Waals surface area contributed by atoms with E-state index in [0.29, 0.717) is 11.7 Å². The van der Waals surface area contributed by atoms with E-state index in [0.717, 1.165) is 15.8 Å². The zero-order valence-electron chi connectivity index (χ0n) is 12.6. The molecule has 6 nitrogen and oxygen atoms in total. The number of hydrogen-bond donors (Lipinski definition) is 2. The molecule has 8 heteroatoms. The summed E-state index contributed by atoms with van der Waals surface area (Å²) in [7, 11) is 1.63. The fraction of sp³-hybridized carbons (Fsp3) is 0.357. The molecule has 1 amide bonds. The van der Waals surface area contributed by atoms with Crippen LogP contribution in [0.15, 0.2) is 28.6 Å². The molecule has 0 saturated carbocycles. The highest BCUT2D eigenvalue weighted by Gasteiger charge is 2.16. The highest BCUT2D eigenvalue weighted by molar-refractivity contribution is 8.02. The van der Waals surface area contributed by atoms with Gasteiger partial charge in [0, 0.05) is 12.2 Å². The van der Waals surface area contributed by atoms with E-state index in [-0.39, 0.29) is 11.2 Å². The normalized spacial score (nSPS) is 11.8. The van der Waals surface area contributed by atoms with E-state index in [9.17, 15) is 4.79 Å². The summed E-state index contributed by atoms with van der Waals surface area (Å²) in [5.74, 6) is 0.808. The number of benzene rings is 1. The predicted molar refractivity (Wildman–Crippen MR) is 90.2 cm³/mol. The van der Waals surface area contributed by atoms with E-state index in [1.807, 2.05) is 38.1 Å². The molecule has 1 aromatic heterocycles. The molecule has 2 aromatic rings. The standard InChI is InChI=1S/C14H18N4O2S2/c1-4-15-12(19)9(2)21-14-18-17-13(22-14)16-10-5-7-11(20-3)8-6-10/h5-9H,4H2,1-3H3,(H,15,19)(H,16,17)/t9-/m1/s1. The van der Waals surface area contributed by atoms with Gasteiger partial charge in [-0.15, -0.1) is 10.2 Å². The third-order valence-electron chi connectivity index (χ3n) is 2.75. The van der Waals surface area contributed by atoms with Crippen LogP contribution in [0.4, 0.5) is 10.8 Å². The lowest BCUT2D eigenvalue weighted by Gasteiger charge is -2.07. The van der Waals surface area contributed by atoms with Gasteiger partial charge in [0.25, 0.3) is 0 Å². The molecule has 0 radical (unpaired) electrons. The van der Waals surface area contributed by atoms with Crippen LogP contribution in [0.2, 0.25) is 0 Å². The molecule has 1 aromatic carbocycles. The van der Waals surface area contributed by atoms with Gasteiger partial charge in [0.15, 0.2) is 4.34 Å². The molecular formula is C14H18N4O2S2. The van der Waals surface area contributed by atoms with E-state index in [1.54, 1.807) is 7.11 Å². The number of ether oxygens (including phenoxy) is 1. The smallest absolute Gasteiger partial charge is 0.233 e. The number of nitrogens with one attached hydrogen (secondary N) is 2. The Bertz CT molecular complexity index is 616. The summed E-state index contributed by atoms with van der Waals surface area (Å²) in [4.78, 5) is 11.7. The Morgan fingerprint density at radius 1 is 1.36 bits per heavy atom. The molecule has 2 N–H and O–H groups in total. The molecule has 0 fully saturated rings. The predicted octanol–water partition coefficient (Wildman–Crippen LogP) is 2.91. The molecule has 0 aliphatic carbocycles. The molecule has 0 aliphatic rings. The summed E-state index contributed by atoms with van der Waals surface area (Å²) in [5.41, 5.74) is 0.908. The first-order valence-electron chi connectivity index (χ1n) is 6.81. The van der Waals surface area contributed by atoms with Gasteiger partial charge < -0.3 is 15.4 Å². The Labute approximate surface area is 137 Å². The number of amides is 1. The number of thioether (sulfide) groups is 1. The van der Waals surface area contributed by atoms with Crippen molar-refractivity contribution in [3.63, 3.8) is 0 Å². The topological polar surface area (TPSA) is 76.1 Å². The molecule has 1 heterocycles. The van der Waals surface area contributed by atoms with Gasteiger partial charge in [-0.2, -0.15) is 0 Å². The molecular weight excluding hydrogens is 320 g/mol. The number of nitrogens with zero attached hydrogens (tertiary/aromatic N) is 2. The second-order valence-electron chi connectivity index (χ2n) is 4.38. The van der Waals surface area contributed by atoms with Gasteiger partial charge in [0.05, 0.1) is 12.4 Å². The Balaban J connectivity index is 1.94. The minimum absolute atomic E-state index is 0.00682. The molecule has 2 rings (SSSR count). The van der Waals surface area contributed by atoms with Gasteiger partial charge in [-0.25, -0.2) is 0 Å². The van der Waals surface area contributed by atoms with Gasteiger partial charge in [0.1, 0.15) is 5.75 Å². The van der Waals surface area contributed by atoms with Gasteiger partial charge >= 0.3 is 0 Å². The minimum Gasteiger partial charge on any atom is -0.497 e. The van der Waals surface area contributed by atoms with Crippen molar-refractivity contribution in [3.8, 4) is 5.75 Å². The van der Waals surface area contributed by atoms with Crippen LogP contribution in [0.25, 0.3) is 0 Å². The van der Waals surface area contributed by atoms with E-state index >= 15 is 0 Å². The summed E-state index contributed by atoms with van der Waals surface area (Å²) in [6, 6.07) is 7.56. The Morgan fingerprint density at radius 3 is 2.73 bits per heavy atom. The lowest BCUT2D eigenvalue weighted by molar-refractivity contribution is -0.120. The second kappa shape index (κ2) is 8.00. The van der Waals surface area contributed by atoms with Crippen molar-refractivity contribution in [1.29, 1.82) is 0 Å².